The molecule has 0 saturated heterocycles. The monoisotopic (exact) mass is 304 g/mol. The molecule has 1 aromatic rings. The molecule has 0 fully saturated rings. The van der Waals surface area contributed by atoms with Gasteiger partial charge in [0, 0.05) is 6.54 Å². The van der Waals surface area contributed by atoms with Gasteiger partial charge in [0.1, 0.15) is 0 Å². The highest BCUT2D eigenvalue weighted by molar-refractivity contribution is 9.11. The standard InChI is InChI=1S/C10H13BrN2O2S/c1-3-12-8(14)5-13-10(15)7-4-6(2)9(11)16-7/h4H,3,5H2,1-2H3,(H,12,14)(H,13,15). The van der Waals surface area contributed by atoms with E-state index in [4.69, 9.17) is 0 Å². The Morgan fingerprint density at radius 3 is 2.62 bits per heavy atom. The summed E-state index contributed by atoms with van der Waals surface area (Å²) in [5, 5.41) is 5.17. The molecule has 4 nitrogen and oxygen atoms in total. The predicted molar refractivity (Wildman–Crippen MR) is 67.8 cm³/mol. The van der Waals surface area contributed by atoms with Gasteiger partial charge in [0.25, 0.3) is 5.91 Å². The van der Waals surface area contributed by atoms with Crippen molar-refractivity contribution in [3.63, 3.8) is 0 Å². The van der Waals surface area contributed by atoms with Gasteiger partial charge in [-0.05, 0) is 41.4 Å². The van der Waals surface area contributed by atoms with Gasteiger partial charge in [-0.2, -0.15) is 0 Å². The van der Waals surface area contributed by atoms with Gasteiger partial charge < -0.3 is 10.6 Å². The minimum atomic E-state index is -0.218. The molecule has 0 saturated carbocycles. The number of halogens is 1. The van der Waals surface area contributed by atoms with Gasteiger partial charge in [0.15, 0.2) is 0 Å². The lowest BCUT2D eigenvalue weighted by Crippen LogP contribution is -2.36. The highest BCUT2D eigenvalue weighted by atomic mass is 79.9. The summed E-state index contributed by atoms with van der Waals surface area (Å²) in [5.74, 6) is -0.395. The van der Waals surface area contributed by atoms with Crippen LogP contribution in [0.2, 0.25) is 0 Å². The van der Waals surface area contributed by atoms with Gasteiger partial charge in [-0.1, -0.05) is 0 Å². The number of likely N-dealkylation sites (N-methyl/N-ethyl adjacent to an activating group) is 1. The Morgan fingerprint density at radius 2 is 2.12 bits per heavy atom. The van der Waals surface area contributed by atoms with Crippen LogP contribution in [0.5, 0.6) is 0 Å². The summed E-state index contributed by atoms with van der Waals surface area (Å²) in [6, 6.07) is 1.79. The number of carbonyl (C=O) groups is 2. The fourth-order valence-corrected chi connectivity index (χ4v) is 2.53. The zero-order valence-electron chi connectivity index (χ0n) is 9.09. The molecule has 0 aliphatic rings. The topological polar surface area (TPSA) is 58.2 Å². The third-order valence-electron chi connectivity index (χ3n) is 1.86. The summed E-state index contributed by atoms with van der Waals surface area (Å²) in [6.45, 7) is 4.33. The smallest absolute Gasteiger partial charge is 0.261 e. The highest BCUT2D eigenvalue weighted by Gasteiger charge is 2.11. The fourth-order valence-electron chi connectivity index (χ4n) is 1.08. The van der Waals surface area contributed by atoms with Gasteiger partial charge in [-0.25, -0.2) is 0 Å². The van der Waals surface area contributed by atoms with Crippen LogP contribution in [-0.2, 0) is 4.79 Å². The summed E-state index contributed by atoms with van der Waals surface area (Å²) < 4.78 is 0.940. The van der Waals surface area contributed by atoms with E-state index in [2.05, 4.69) is 26.6 Å². The van der Waals surface area contributed by atoms with Gasteiger partial charge in [0.05, 0.1) is 15.2 Å². The van der Waals surface area contributed by atoms with Gasteiger partial charge >= 0.3 is 0 Å². The van der Waals surface area contributed by atoms with Crippen molar-refractivity contribution in [2.45, 2.75) is 13.8 Å². The Kier molecular flexibility index (Phi) is 4.95. The molecule has 1 rings (SSSR count). The largest absolute Gasteiger partial charge is 0.355 e. The number of nitrogens with one attached hydrogen (secondary N) is 2. The van der Waals surface area contributed by atoms with Crippen LogP contribution in [0.3, 0.4) is 0 Å². The molecule has 88 valence electrons. The zero-order chi connectivity index (χ0) is 12.1. The lowest BCUT2D eigenvalue weighted by atomic mass is 10.3. The first kappa shape index (κ1) is 13.2. The van der Waals surface area contributed by atoms with Crippen LogP contribution in [0.25, 0.3) is 0 Å². The predicted octanol–water partition coefficient (Wildman–Crippen LogP) is 1.68. The van der Waals surface area contributed by atoms with E-state index in [1.54, 1.807) is 6.07 Å². The molecule has 0 aliphatic heterocycles. The van der Waals surface area contributed by atoms with E-state index >= 15 is 0 Å². The van der Waals surface area contributed by atoms with Crippen molar-refractivity contribution in [2.24, 2.45) is 0 Å². The second kappa shape index (κ2) is 6.00. The van der Waals surface area contributed by atoms with Crippen molar-refractivity contribution in [1.82, 2.24) is 10.6 Å². The van der Waals surface area contributed by atoms with Gasteiger partial charge in [-0.15, -0.1) is 11.3 Å². The molecule has 2 N–H and O–H groups in total. The van der Waals surface area contributed by atoms with Crippen LogP contribution in [0.4, 0.5) is 0 Å². The number of hydrogen-bond acceptors (Lipinski definition) is 3. The molecule has 0 atom stereocenters. The SMILES string of the molecule is CCNC(=O)CNC(=O)c1cc(C)c(Br)s1. The van der Waals surface area contributed by atoms with Gasteiger partial charge in [0.2, 0.25) is 5.91 Å². The Morgan fingerprint density at radius 1 is 1.44 bits per heavy atom. The maximum Gasteiger partial charge on any atom is 0.261 e. The van der Waals surface area contributed by atoms with E-state index in [9.17, 15) is 9.59 Å². The molecule has 0 radical (unpaired) electrons. The van der Waals surface area contributed by atoms with Crippen molar-refractivity contribution in [3.8, 4) is 0 Å². The summed E-state index contributed by atoms with van der Waals surface area (Å²) >= 11 is 4.71. The lowest BCUT2D eigenvalue weighted by Gasteiger charge is -2.03. The van der Waals surface area contributed by atoms with Crippen LogP contribution in [0, 0.1) is 6.92 Å². The molecule has 2 amide bonds. The molecule has 16 heavy (non-hydrogen) atoms. The summed E-state index contributed by atoms with van der Waals surface area (Å²) in [6.07, 6.45) is 0. The van der Waals surface area contributed by atoms with Crippen LogP contribution >= 0.6 is 27.3 Å². The second-order valence-corrected chi connectivity index (χ2v) is 5.57. The first-order chi connectivity index (χ1) is 7.54. The van der Waals surface area contributed by atoms with Crippen molar-refractivity contribution in [1.29, 1.82) is 0 Å². The Balaban J connectivity index is 2.50. The second-order valence-electron chi connectivity index (χ2n) is 3.20. The van der Waals surface area contributed by atoms with E-state index in [-0.39, 0.29) is 18.4 Å². The summed E-state index contributed by atoms with van der Waals surface area (Å²) in [4.78, 5) is 23.3. The van der Waals surface area contributed by atoms with Crippen molar-refractivity contribution >= 4 is 39.1 Å². The van der Waals surface area contributed by atoms with Crippen LogP contribution in [-0.4, -0.2) is 24.9 Å². The molecular weight excluding hydrogens is 292 g/mol. The van der Waals surface area contributed by atoms with Crippen molar-refractivity contribution < 1.29 is 9.59 Å². The summed E-state index contributed by atoms with van der Waals surface area (Å²) in [5.41, 5.74) is 1.02. The van der Waals surface area contributed by atoms with Crippen LogP contribution < -0.4 is 10.6 Å². The number of hydrogen-bond donors (Lipinski definition) is 2. The molecule has 1 heterocycles. The summed E-state index contributed by atoms with van der Waals surface area (Å²) in [7, 11) is 0. The highest BCUT2D eigenvalue weighted by Crippen LogP contribution is 2.26. The number of carbonyl (C=O) groups excluding carboxylic acids is 2. The lowest BCUT2D eigenvalue weighted by molar-refractivity contribution is -0.120. The average Bonchev–Trinajstić information content (AvgIpc) is 2.56. The van der Waals surface area contributed by atoms with Crippen LogP contribution in [0.1, 0.15) is 22.2 Å². The number of rotatable bonds is 4. The molecule has 0 aliphatic carbocycles. The van der Waals surface area contributed by atoms with Gasteiger partial charge in [-0.3, -0.25) is 9.59 Å². The first-order valence-electron chi connectivity index (χ1n) is 4.85. The molecular formula is C10H13BrN2O2S. The van der Waals surface area contributed by atoms with E-state index in [1.165, 1.54) is 11.3 Å². The molecule has 0 aromatic carbocycles. The number of thiophene rings is 1. The van der Waals surface area contributed by atoms with E-state index in [0.717, 1.165) is 9.35 Å². The first-order valence-corrected chi connectivity index (χ1v) is 6.46. The minimum Gasteiger partial charge on any atom is -0.355 e. The average molecular weight is 305 g/mol. The maximum absolute atomic E-state index is 11.6. The molecule has 1 aromatic heterocycles. The molecule has 0 spiro atoms. The fraction of sp³-hybridized carbons (Fsp3) is 0.400. The van der Waals surface area contributed by atoms with Crippen LogP contribution in [0.15, 0.2) is 9.85 Å². The molecule has 6 heteroatoms. The molecule has 0 unspecified atom stereocenters. The van der Waals surface area contributed by atoms with Crippen molar-refractivity contribution in [2.75, 3.05) is 13.1 Å². The van der Waals surface area contributed by atoms with E-state index in [1.807, 2.05) is 13.8 Å². The van der Waals surface area contributed by atoms with Crippen molar-refractivity contribution in [3.05, 3.63) is 20.3 Å². The maximum atomic E-state index is 11.6. The molecule has 0 bridgehead atoms. The third-order valence-corrected chi connectivity index (χ3v) is 4.00. The normalized spacial score (nSPS) is 9.94. The number of amides is 2. The van der Waals surface area contributed by atoms with E-state index in [0.29, 0.717) is 11.4 Å². The Hall–Kier alpha value is -0.880. The Bertz CT molecular complexity index is 384. The number of aryl methyl sites for hydroxylation is 1. The zero-order valence-corrected chi connectivity index (χ0v) is 11.5. The third kappa shape index (κ3) is 3.61. The quantitative estimate of drug-likeness (QED) is 0.889. The Labute approximate surface area is 107 Å². The van der Waals surface area contributed by atoms with E-state index < -0.39 is 0 Å². The minimum absolute atomic E-state index is 0.0151.